The minimum absolute atomic E-state index is 0.434. The summed E-state index contributed by atoms with van der Waals surface area (Å²) < 4.78 is 5.63. The molecular formula is C14H19NO. The number of aryl methyl sites for hydroxylation is 1. The molecule has 16 heavy (non-hydrogen) atoms. The van der Waals surface area contributed by atoms with Gasteiger partial charge in [0.25, 0.3) is 0 Å². The average molecular weight is 217 g/mol. The van der Waals surface area contributed by atoms with E-state index in [1.54, 1.807) is 0 Å². The maximum atomic E-state index is 5.83. The van der Waals surface area contributed by atoms with E-state index >= 15 is 0 Å². The van der Waals surface area contributed by atoms with Gasteiger partial charge in [-0.2, -0.15) is 0 Å². The summed E-state index contributed by atoms with van der Waals surface area (Å²) in [6.07, 6.45) is 6.07. The fraction of sp³-hybridized carbons (Fsp3) is 0.571. The van der Waals surface area contributed by atoms with Crippen molar-refractivity contribution in [1.29, 1.82) is 0 Å². The number of ether oxygens (including phenoxy) is 1. The Kier molecular flexibility index (Phi) is 2.40. The summed E-state index contributed by atoms with van der Waals surface area (Å²) in [6.45, 7) is 1.71. The Morgan fingerprint density at radius 2 is 2.19 bits per heavy atom. The van der Waals surface area contributed by atoms with Gasteiger partial charge < -0.3 is 10.5 Å². The van der Waals surface area contributed by atoms with Crippen LogP contribution in [0.1, 0.15) is 30.4 Å². The van der Waals surface area contributed by atoms with Crippen molar-refractivity contribution in [2.45, 2.75) is 32.1 Å². The zero-order chi connectivity index (χ0) is 11.0. The molecule has 1 aromatic rings. The second kappa shape index (κ2) is 3.77. The quantitative estimate of drug-likeness (QED) is 0.843. The van der Waals surface area contributed by atoms with Crippen LogP contribution in [0.15, 0.2) is 18.2 Å². The summed E-state index contributed by atoms with van der Waals surface area (Å²) in [5, 5.41) is 0. The first kappa shape index (κ1) is 10.2. The predicted molar refractivity (Wildman–Crippen MR) is 64.7 cm³/mol. The van der Waals surface area contributed by atoms with Gasteiger partial charge in [-0.3, -0.25) is 0 Å². The Morgan fingerprint density at radius 3 is 2.94 bits per heavy atom. The van der Waals surface area contributed by atoms with E-state index in [4.69, 9.17) is 10.5 Å². The average Bonchev–Trinajstić information content (AvgIpc) is 3.09. The van der Waals surface area contributed by atoms with Crippen molar-refractivity contribution in [3.05, 3.63) is 29.3 Å². The van der Waals surface area contributed by atoms with Crippen LogP contribution in [-0.4, -0.2) is 13.2 Å². The predicted octanol–water partition coefficient (Wildman–Crippen LogP) is 2.29. The van der Waals surface area contributed by atoms with Gasteiger partial charge in [-0.05, 0) is 61.3 Å². The zero-order valence-electron chi connectivity index (χ0n) is 9.67. The van der Waals surface area contributed by atoms with Gasteiger partial charge in [-0.15, -0.1) is 0 Å². The van der Waals surface area contributed by atoms with Gasteiger partial charge >= 0.3 is 0 Å². The number of hydrogen-bond donors (Lipinski definition) is 1. The van der Waals surface area contributed by atoms with Crippen molar-refractivity contribution in [3.8, 4) is 5.75 Å². The van der Waals surface area contributed by atoms with Crippen LogP contribution in [0.5, 0.6) is 5.75 Å². The summed E-state index contributed by atoms with van der Waals surface area (Å²) >= 11 is 0. The van der Waals surface area contributed by atoms with E-state index in [1.807, 2.05) is 0 Å². The molecule has 2 heteroatoms. The minimum atomic E-state index is 0.434. The van der Waals surface area contributed by atoms with E-state index in [2.05, 4.69) is 18.2 Å². The van der Waals surface area contributed by atoms with Crippen LogP contribution < -0.4 is 10.5 Å². The molecule has 1 aromatic carbocycles. The molecule has 1 fully saturated rings. The fourth-order valence-corrected chi connectivity index (χ4v) is 2.59. The second-order valence-corrected chi connectivity index (χ2v) is 5.27. The van der Waals surface area contributed by atoms with Crippen LogP contribution in [0.25, 0.3) is 0 Å². The highest BCUT2D eigenvalue weighted by molar-refractivity contribution is 5.39. The topological polar surface area (TPSA) is 35.2 Å². The largest absolute Gasteiger partial charge is 0.493 e. The van der Waals surface area contributed by atoms with E-state index in [1.165, 1.54) is 30.4 Å². The summed E-state index contributed by atoms with van der Waals surface area (Å²) in [7, 11) is 0. The molecule has 2 nitrogen and oxygen atoms in total. The SMILES string of the molecule is NCC1(Cc2ccc3c(c2)CCCO3)CC1. The van der Waals surface area contributed by atoms with Gasteiger partial charge in [-0.1, -0.05) is 12.1 Å². The molecule has 0 amide bonds. The van der Waals surface area contributed by atoms with Gasteiger partial charge in [0.05, 0.1) is 6.61 Å². The van der Waals surface area contributed by atoms with Crippen molar-refractivity contribution in [1.82, 2.24) is 0 Å². The van der Waals surface area contributed by atoms with Crippen LogP contribution >= 0.6 is 0 Å². The van der Waals surface area contributed by atoms with Crippen molar-refractivity contribution >= 4 is 0 Å². The monoisotopic (exact) mass is 217 g/mol. The van der Waals surface area contributed by atoms with Crippen LogP contribution in [0, 0.1) is 5.41 Å². The molecule has 1 saturated carbocycles. The van der Waals surface area contributed by atoms with Gasteiger partial charge in [0.2, 0.25) is 0 Å². The highest BCUT2D eigenvalue weighted by atomic mass is 16.5. The molecule has 3 rings (SSSR count). The van der Waals surface area contributed by atoms with Gasteiger partial charge in [-0.25, -0.2) is 0 Å². The highest BCUT2D eigenvalue weighted by Crippen LogP contribution is 2.47. The third-order valence-corrected chi connectivity index (χ3v) is 3.94. The second-order valence-electron chi connectivity index (χ2n) is 5.27. The minimum Gasteiger partial charge on any atom is -0.493 e. The lowest BCUT2D eigenvalue weighted by atomic mass is 9.94. The number of fused-ring (bicyclic) bond motifs is 1. The summed E-state index contributed by atoms with van der Waals surface area (Å²) in [5.41, 5.74) is 9.09. The van der Waals surface area contributed by atoms with Crippen LogP contribution in [0.3, 0.4) is 0 Å². The molecule has 0 radical (unpaired) electrons. The van der Waals surface area contributed by atoms with E-state index < -0.39 is 0 Å². The lowest BCUT2D eigenvalue weighted by Gasteiger charge is -2.19. The van der Waals surface area contributed by atoms with Crippen LogP contribution in [0.4, 0.5) is 0 Å². The van der Waals surface area contributed by atoms with Gasteiger partial charge in [0.1, 0.15) is 5.75 Å². The van der Waals surface area contributed by atoms with Gasteiger partial charge in [0, 0.05) is 0 Å². The number of rotatable bonds is 3. The van der Waals surface area contributed by atoms with Crippen molar-refractivity contribution in [2.75, 3.05) is 13.2 Å². The van der Waals surface area contributed by atoms with Crippen molar-refractivity contribution in [2.24, 2.45) is 11.1 Å². The summed E-state index contributed by atoms with van der Waals surface area (Å²) in [5.74, 6) is 1.09. The van der Waals surface area contributed by atoms with Crippen LogP contribution in [-0.2, 0) is 12.8 Å². The summed E-state index contributed by atoms with van der Waals surface area (Å²) in [4.78, 5) is 0. The molecule has 0 unspecified atom stereocenters. The Bertz CT molecular complexity index is 396. The third kappa shape index (κ3) is 1.82. The Morgan fingerprint density at radius 1 is 1.31 bits per heavy atom. The van der Waals surface area contributed by atoms with E-state index in [0.717, 1.165) is 31.7 Å². The Balaban J connectivity index is 1.80. The van der Waals surface area contributed by atoms with E-state index in [0.29, 0.717) is 5.41 Å². The zero-order valence-corrected chi connectivity index (χ0v) is 9.67. The maximum Gasteiger partial charge on any atom is 0.122 e. The molecule has 0 spiro atoms. The first-order valence-corrected chi connectivity index (χ1v) is 6.26. The molecule has 0 atom stereocenters. The fourth-order valence-electron chi connectivity index (χ4n) is 2.59. The lowest BCUT2D eigenvalue weighted by Crippen LogP contribution is -2.18. The van der Waals surface area contributed by atoms with E-state index in [9.17, 15) is 0 Å². The number of nitrogens with two attached hydrogens (primary N) is 1. The molecular weight excluding hydrogens is 198 g/mol. The normalized spacial score (nSPS) is 21.1. The molecule has 0 aromatic heterocycles. The first-order valence-electron chi connectivity index (χ1n) is 6.26. The molecule has 1 aliphatic heterocycles. The lowest BCUT2D eigenvalue weighted by molar-refractivity contribution is 0.288. The van der Waals surface area contributed by atoms with Crippen molar-refractivity contribution < 1.29 is 4.74 Å². The van der Waals surface area contributed by atoms with E-state index in [-0.39, 0.29) is 0 Å². The molecule has 2 aliphatic rings. The molecule has 0 bridgehead atoms. The summed E-state index contributed by atoms with van der Waals surface area (Å²) in [6, 6.07) is 6.67. The maximum absolute atomic E-state index is 5.83. The Hall–Kier alpha value is -1.02. The molecule has 1 heterocycles. The standard InChI is InChI=1S/C14H19NO/c15-10-14(5-6-14)9-11-3-4-13-12(8-11)2-1-7-16-13/h3-4,8H,1-2,5-7,9-10,15H2. The first-order chi connectivity index (χ1) is 7.81. The number of hydrogen-bond acceptors (Lipinski definition) is 2. The molecule has 0 saturated heterocycles. The molecule has 86 valence electrons. The number of benzene rings is 1. The van der Waals surface area contributed by atoms with Crippen molar-refractivity contribution in [3.63, 3.8) is 0 Å². The van der Waals surface area contributed by atoms with Crippen LogP contribution in [0.2, 0.25) is 0 Å². The smallest absolute Gasteiger partial charge is 0.122 e. The Labute approximate surface area is 96.8 Å². The third-order valence-electron chi connectivity index (χ3n) is 3.94. The van der Waals surface area contributed by atoms with Gasteiger partial charge in [0.15, 0.2) is 0 Å². The highest BCUT2D eigenvalue weighted by Gasteiger charge is 2.40. The molecule has 1 aliphatic carbocycles. The molecule has 2 N–H and O–H groups in total.